The topological polar surface area (TPSA) is 42.2 Å². The van der Waals surface area contributed by atoms with Crippen LogP contribution < -0.4 is 5.73 Å². The molecule has 15 heavy (non-hydrogen) atoms. The van der Waals surface area contributed by atoms with E-state index in [9.17, 15) is 0 Å². The first-order chi connectivity index (χ1) is 7.18. The molecule has 0 spiro atoms. The van der Waals surface area contributed by atoms with Crippen LogP contribution in [0.2, 0.25) is 0 Å². The molecule has 0 radical (unpaired) electrons. The lowest BCUT2D eigenvalue weighted by Crippen LogP contribution is -2.56. The maximum Gasteiger partial charge on any atom is 0.0798 e. The van der Waals surface area contributed by atoms with Crippen molar-refractivity contribution in [3.8, 4) is 0 Å². The van der Waals surface area contributed by atoms with Crippen LogP contribution in [-0.4, -0.2) is 29.0 Å². The lowest BCUT2D eigenvalue weighted by Gasteiger charge is -2.48. The molecule has 0 aliphatic heterocycles. The van der Waals surface area contributed by atoms with Crippen molar-refractivity contribution in [3.05, 3.63) is 16.1 Å². The third-order valence-electron chi connectivity index (χ3n) is 3.70. The summed E-state index contributed by atoms with van der Waals surface area (Å²) >= 11 is 1.75. The summed E-state index contributed by atoms with van der Waals surface area (Å²) in [6, 6.07) is 0. The number of likely N-dealkylation sites (N-methyl/N-ethyl adjacent to an activating group) is 1. The van der Waals surface area contributed by atoms with Gasteiger partial charge >= 0.3 is 0 Å². The van der Waals surface area contributed by atoms with E-state index in [1.807, 2.05) is 5.51 Å². The molecule has 0 bridgehead atoms. The first-order valence-corrected chi connectivity index (χ1v) is 6.36. The third kappa shape index (κ3) is 1.94. The Hall–Kier alpha value is -0.450. The maximum absolute atomic E-state index is 5.88. The number of nitrogens with two attached hydrogens (primary N) is 1. The van der Waals surface area contributed by atoms with Crippen LogP contribution in [0, 0.1) is 6.92 Å². The van der Waals surface area contributed by atoms with Gasteiger partial charge in [0.05, 0.1) is 11.2 Å². The third-order valence-corrected chi connectivity index (χ3v) is 4.62. The van der Waals surface area contributed by atoms with Crippen LogP contribution in [0.25, 0.3) is 0 Å². The van der Waals surface area contributed by atoms with E-state index in [-0.39, 0.29) is 5.54 Å². The van der Waals surface area contributed by atoms with E-state index in [0.29, 0.717) is 0 Å². The molecule has 2 rings (SSSR count). The van der Waals surface area contributed by atoms with Gasteiger partial charge < -0.3 is 5.73 Å². The molecule has 1 fully saturated rings. The highest BCUT2D eigenvalue weighted by Crippen LogP contribution is 2.37. The van der Waals surface area contributed by atoms with E-state index >= 15 is 0 Å². The van der Waals surface area contributed by atoms with Gasteiger partial charge in [-0.2, -0.15) is 0 Å². The molecule has 0 amide bonds. The van der Waals surface area contributed by atoms with E-state index in [2.05, 4.69) is 23.9 Å². The fourth-order valence-electron chi connectivity index (χ4n) is 2.19. The van der Waals surface area contributed by atoms with Gasteiger partial charge in [0.15, 0.2) is 0 Å². The Morgan fingerprint density at radius 3 is 2.73 bits per heavy atom. The number of nitrogens with zero attached hydrogens (tertiary/aromatic N) is 2. The molecule has 1 saturated carbocycles. The van der Waals surface area contributed by atoms with Gasteiger partial charge in [-0.1, -0.05) is 0 Å². The highest BCUT2D eigenvalue weighted by Gasteiger charge is 2.39. The fraction of sp³-hybridized carbons (Fsp3) is 0.727. The van der Waals surface area contributed by atoms with Crippen LogP contribution in [0.5, 0.6) is 0 Å². The standard InChI is InChI=1S/C11H19N3S/c1-9-10(15-8-13-9)6-14(2)11(7-12)4-3-5-11/h8H,3-7,12H2,1-2H3. The van der Waals surface area contributed by atoms with Crippen LogP contribution in [0.3, 0.4) is 0 Å². The predicted octanol–water partition coefficient (Wildman–Crippen LogP) is 1.76. The maximum atomic E-state index is 5.88. The van der Waals surface area contributed by atoms with Crippen molar-refractivity contribution in [1.82, 2.24) is 9.88 Å². The van der Waals surface area contributed by atoms with E-state index in [4.69, 9.17) is 5.73 Å². The second-order valence-electron chi connectivity index (χ2n) is 4.50. The molecular formula is C11H19N3S. The van der Waals surface area contributed by atoms with Gasteiger partial charge in [0, 0.05) is 23.5 Å². The summed E-state index contributed by atoms with van der Waals surface area (Å²) in [4.78, 5) is 8.07. The monoisotopic (exact) mass is 225 g/mol. The van der Waals surface area contributed by atoms with E-state index < -0.39 is 0 Å². The molecular weight excluding hydrogens is 206 g/mol. The van der Waals surface area contributed by atoms with Crippen molar-refractivity contribution in [2.75, 3.05) is 13.6 Å². The van der Waals surface area contributed by atoms with Crippen molar-refractivity contribution in [2.45, 2.75) is 38.3 Å². The van der Waals surface area contributed by atoms with Crippen LogP contribution in [0.1, 0.15) is 29.8 Å². The molecule has 1 aliphatic carbocycles. The second-order valence-corrected chi connectivity index (χ2v) is 5.44. The minimum atomic E-state index is 0.274. The summed E-state index contributed by atoms with van der Waals surface area (Å²) in [5, 5.41) is 0. The molecule has 0 atom stereocenters. The fourth-order valence-corrected chi connectivity index (χ4v) is 3.02. The predicted molar refractivity (Wildman–Crippen MR) is 64.0 cm³/mol. The molecule has 1 aromatic rings. The Bertz CT molecular complexity index is 325. The zero-order chi connectivity index (χ0) is 10.9. The highest BCUT2D eigenvalue weighted by molar-refractivity contribution is 7.09. The average Bonchev–Trinajstić information content (AvgIpc) is 2.51. The Kier molecular flexibility index (Phi) is 3.09. The first-order valence-electron chi connectivity index (χ1n) is 5.48. The molecule has 1 heterocycles. The summed E-state index contributed by atoms with van der Waals surface area (Å²) in [7, 11) is 2.19. The van der Waals surface area contributed by atoms with Gasteiger partial charge in [-0.15, -0.1) is 11.3 Å². The van der Waals surface area contributed by atoms with Crippen molar-refractivity contribution in [3.63, 3.8) is 0 Å². The largest absolute Gasteiger partial charge is 0.329 e. The zero-order valence-electron chi connectivity index (χ0n) is 9.49. The van der Waals surface area contributed by atoms with Crippen molar-refractivity contribution >= 4 is 11.3 Å². The molecule has 0 unspecified atom stereocenters. The Balaban J connectivity index is 2.03. The number of rotatable bonds is 4. The van der Waals surface area contributed by atoms with Crippen LogP contribution in [-0.2, 0) is 6.54 Å². The van der Waals surface area contributed by atoms with E-state index in [1.165, 1.54) is 29.8 Å². The zero-order valence-corrected chi connectivity index (χ0v) is 10.3. The smallest absolute Gasteiger partial charge is 0.0798 e. The van der Waals surface area contributed by atoms with Gasteiger partial charge in [-0.05, 0) is 33.2 Å². The van der Waals surface area contributed by atoms with Crippen molar-refractivity contribution < 1.29 is 0 Å². The number of aromatic nitrogens is 1. The minimum absolute atomic E-state index is 0.274. The van der Waals surface area contributed by atoms with Crippen molar-refractivity contribution in [2.24, 2.45) is 5.73 Å². The number of thiazole rings is 1. The summed E-state index contributed by atoms with van der Waals surface area (Å²) < 4.78 is 0. The number of hydrogen-bond acceptors (Lipinski definition) is 4. The number of aryl methyl sites for hydroxylation is 1. The minimum Gasteiger partial charge on any atom is -0.329 e. The van der Waals surface area contributed by atoms with Gasteiger partial charge in [-0.25, -0.2) is 4.98 Å². The average molecular weight is 225 g/mol. The van der Waals surface area contributed by atoms with Crippen LogP contribution in [0.4, 0.5) is 0 Å². The SMILES string of the molecule is Cc1ncsc1CN(C)C1(CN)CCC1. The lowest BCUT2D eigenvalue weighted by molar-refractivity contribution is 0.0405. The molecule has 2 N–H and O–H groups in total. The molecule has 3 nitrogen and oxygen atoms in total. The quantitative estimate of drug-likeness (QED) is 0.849. The Morgan fingerprint density at radius 2 is 2.33 bits per heavy atom. The van der Waals surface area contributed by atoms with Gasteiger partial charge in [0.1, 0.15) is 0 Å². The van der Waals surface area contributed by atoms with Gasteiger partial charge in [0.25, 0.3) is 0 Å². The molecule has 0 aromatic carbocycles. The molecule has 84 valence electrons. The molecule has 1 aromatic heterocycles. The molecule has 1 aliphatic rings. The first kappa shape index (κ1) is 11.0. The summed E-state index contributed by atoms with van der Waals surface area (Å²) in [5.74, 6) is 0. The second kappa shape index (κ2) is 4.20. The number of hydrogen-bond donors (Lipinski definition) is 1. The molecule has 0 saturated heterocycles. The lowest BCUT2D eigenvalue weighted by atomic mass is 9.75. The Morgan fingerprint density at radius 1 is 1.60 bits per heavy atom. The highest BCUT2D eigenvalue weighted by atomic mass is 32.1. The van der Waals surface area contributed by atoms with E-state index in [0.717, 1.165) is 13.1 Å². The van der Waals surface area contributed by atoms with E-state index in [1.54, 1.807) is 11.3 Å². The van der Waals surface area contributed by atoms with Crippen LogP contribution in [0.15, 0.2) is 5.51 Å². The molecule has 4 heteroatoms. The summed E-state index contributed by atoms with van der Waals surface area (Å²) in [6.45, 7) is 3.85. The van der Waals surface area contributed by atoms with Gasteiger partial charge in [-0.3, -0.25) is 4.90 Å². The summed E-state index contributed by atoms with van der Waals surface area (Å²) in [5.41, 5.74) is 9.25. The Labute approximate surface area is 95.3 Å². The summed E-state index contributed by atoms with van der Waals surface area (Å²) in [6.07, 6.45) is 3.82. The van der Waals surface area contributed by atoms with Gasteiger partial charge in [0.2, 0.25) is 0 Å². The van der Waals surface area contributed by atoms with Crippen LogP contribution >= 0.6 is 11.3 Å². The van der Waals surface area contributed by atoms with Crippen molar-refractivity contribution in [1.29, 1.82) is 0 Å². The normalized spacial score (nSPS) is 19.2.